The molecule has 0 saturated carbocycles. The van der Waals surface area contributed by atoms with Gasteiger partial charge in [-0.05, 0) is 31.0 Å². The third-order valence-electron chi connectivity index (χ3n) is 2.62. The number of aliphatic carboxylic acids is 1. The zero-order valence-electron chi connectivity index (χ0n) is 11.1. The van der Waals surface area contributed by atoms with Gasteiger partial charge >= 0.3 is 12.6 Å². The number of carboxylic acid groups (broad SMARTS) is 1. The number of ether oxygens (including phenoxy) is 1. The third kappa shape index (κ3) is 6.17. The molecule has 0 heterocycles. The number of amides is 1. The molecule has 1 aromatic carbocycles. The molecule has 0 aliphatic carbocycles. The fourth-order valence-corrected chi connectivity index (χ4v) is 1.56. The Morgan fingerprint density at radius 2 is 2.10 bits per heavy atom. The largest absolute Gasteiger partial charge is 0.480 e. The van der Waals surface area contributed by atoms with Crippen molar-refractivity contribution >= 4 is 11.9 Å². The fourth-order valence-electron chi connectivity index (χ4n) is 1.56. The molecule has 0 aliphatic rings. The number of carboxylic acids is 1. The number of carbonyl (C=O) groups is 2. The molecule has 0 aromatic heterocycles. The molecular weight excluding hydrogens is 286 g/mol. The Hall–Kier alpha value is -2.22. The second-order valence-corrected chi connectivity index (χ2v) is 4.25. The number of nitrogens with one attached hydrogen (secondary N) is 1. The van der Waals surface area contributed by atoms with E-state index in [0.29, 0.717) is 6.42 Å². The lowest BCUT2D eigenvalue weighted by Crippen LogP contribution is -2.32. The minimum Gasteiger partial charge on any atom is -0.480 e. The van der Waals surface area contributed by atoms with Gasteiger partial charge < -0.3 is 20.9 Å². The number of carbonyl (C=O) groups excluding carboxylic acids is 1. The molecule has 0 spiro atoms. The molecule has 4 N–H and O–H groups in total. The summed E-state index contributed by atoms with van der Waals surface area (Å²) >= 11 is 0. The number of nitrogens with two attached hydrogens (primary N) is 1. The van der Waals surface area contributed by atoms with Crippen LogP contribution in [0.1, 0.15) is 23.2 Å². The SMILES string of the molecule is NC(CCCNC(=O)c1cccc(OC(F)F)c1)C(=O)O. The lowest BCUT2D eigenvalue weighted by molar-refractivity contribution is -0.138. The minimum absolute atomic E-state index is 0.106. The molecule has 8 heteroatoms. The molecular formula is C13H16F2N2O4. The van der Waals surface area contributed by atoms with Gasteiger partial charge in [0.1, 0.15) is 11.8 Å². The second-order valence-electron chi connectivity index (χ2n) is 4.25. The van der Waals surface area contributed by atoms with Crippen molar-refractivity contribution in [3.63, 3.8) is 0 Å². The predicted molar refractivity (Wildman–Crippen MR) is 70.3 cm³/mol. The quantitative estimate of drug-likeness (QED) is 0.626. The first-order chi connectivity index (χ1) is 9.90. The van der Waals surface area contributed by atoms with Crippen LogP contribution in [0.5, 0.6) is 5.75 Å². The molecule has 0 bridgehead atoms. The molecule has 1 atom stereocenters. The molecule has 1 unspecified atom stereocenters. The van der Waals surface area contributed by atoms with Crippen molar-refractivity contribution in [2.24, 2.45) is 5.73 Å². The Bertz CT molecular complexity index is 497. The van der Waals surface area contributed by atoms with Gasteiger partial charge in [0, 0.05) is 12.1 Å². The van der Waals surface area contributed by atoms with Crippen LogP contribution in [0.15, 0.2) is 24.3 Å². The minimum atomic E-state index is -2.96. The van der Waals surface area contributed by atoms with Gasteiger partial charge in [0.2, 0.25) is 0 Å². The predicted octanol–water partition coefficient (Wildman–Crippen LogP) is 1.21. The lowest BCUT2D eigenvalue weighted by Gasteiger charge is -2.09. The molecule has 0 aliphatic heterocycles. The Kier molecular flexibility index (Phi) is 6.54. The van der Waals surface area contributed by atoms with Crippen molar-refractivity contribution in [1.29, 1.82) is 0 Å². The van der Waals surface area contributed by atoms with Crippen molar-refractivity contribution in [3.8, 4) is 5.75 Å². The van der Waals surface area contributed by atoms with E-state index >= 15 is 0 Å². The van der Waals surface area contributed by atoms with Gasteiger partial charge in [-0.2, -0.15) is 8.78 Å². The highest BCUT2D eigenvalue weighted by atomic mass is 19.3. The Morgan fingerprint density at radius 3 is 2.71 bits per heavy atom. The summed E-state index contributed by atoms with van der Waals surface area (Å²) < 4.78 is 28.3. The third-order valence-corrected chi connectivity index (χ3v) is 2.62. The zero-order chi connectivity index (χ0) is 15.8. The molecule has 6 nitrogen and oxygen atoms in total. The number of hydrogen-bond acceptors (Lipinski definition) is 4. The van der Waals surface area contributed by atoms with E-state index in [4.69, 9.17) is 10.8 Å². The molecule has 1 amide bonds. The van der Waals surface area contributed by atoms with Gasteiger partial charge in [0.25, 0.3) is 5.91 Å². The van der Waals surface area contributed by atoms with E-state index in [2.05, 4.69) is 10.1 Å². The summed E-state index contributed by atoms with van der Waals surface area (Å²) in [5.41, 5.74) is 5.49. The van der Waals surface area contributed by atoms with E-state index in [9.17, 15) is 18.4 Å². The first kappa shape index (κ1) is 16.8. The maximum Gasteiger partial charge on any atom is 0.387 e. The van der Waals surface area contributed by atoms with Gasteiger partial charge in [-0.25, -0.2) is 0 Å². The highest BCUT2D eigenvalue weighted by molar-refractivity contribution is 5.94. The summed E-state index contributed by atoms with van der Waals surface area (Å²) in [6.07, 6.45) is 0.622. The van der Waals surface area contributed by atoms with Gasteiger partial charge in [-0.3, -0.25) is 9.59 Å². The smallest absolute Gasteiger partial charge is 0.387 e. The van der Waals surface area contributed by atoms with Crippen LogP contribution in [0, 0.1) is 0 Å². The molecule has 1 rings (SSSR count). The second kappa shape index (κ2) is 8.15. The van der Waals surface area contributed by atoms with Crippen molar-refractivity contribution in [3.05, 3.63) is 29.8 Å². The standard InChI is InChI=1S/C13H16F2N2O4/c14-13(15)21-9-4-1-3-8(7-9)11(18)17-6-2-5-10(16)12(19)20/h1,3-4,7,10,13H,2,5-6,16H2,(H,17,18)(H,19,20). The maximum atomic E-state index is 12.1. The van der Waals surface area contributed by atoms with Crippen LogP contribution in [0.2, 0.25) is 0 Å². The Balaban J connectivity index is 2.43. The van der Waals surface area contributed by atoms with Crippen LogP contribution in [0.25, 0.3) is 0 Å². The molecule has 116 valence electrons. The molecule has 1 aromatic rings. The van der Waals surface area contributed by atoms with Crippen LogP contribution in [-0.4, -0.2) is 36.2 Å². The van der Waals surface area contributed by atoms with E-state index in [-0.39, 0.29) is 24.3 Å². The van der Waals surface area contributed by atoms with Crippen LogP contribution in [-0.2, 0) is 4.79 Å². The summed E-state index contributed by atoms with van der Waals surface area (Å²) in [7, 11) is 0. The van der Waals surface area contributed by atoms with Gasteiger partial charge in [-0.1, -0.05) is 6.07 Å². The van der Waals surface area contributed by atoms with Crippen molar-refractivity contribution in [2.75, 3.05) is 6.54 Å². The number of benzene rings is 1. The molecule has 0 saturated heterocycles. The van der Waals surface area contributed by atoms with Crippen LogP contribution in [0.3, 0.4) is 0 Å². The Labute approximate surface area is 119 Å². The monoisotopic (exact) mass is 302 g/mol. The van der Waals surface area contributed by atoms with Crippen molar-refractivity contribution in [2.45, 2.75) is 25.5 Å². The number of hydrogen-bond donors (Lipinski definition) is 3. The molecule has 21 heavy (non-hydrogen) atoms. The van der Waals surface area contributed by atoms with Crippen LogP contribution in [0.4, 0.5) is 8.78 Å². The van der Waals surface area contributed by atoms with Crippen molar-refractivity contribution < 1.29 is 28.2 Å². The van der Waals surface area contributed by atoms with E-state index in [1.165, 1.54) is 24.3 Å². The number of rotatable bonds is 8. The van der Waals surface area contributed by atoms with E-state index < -0.39 is 24.5 Å². The average molecular weight is 302 g/mol. The van der Waals surface area contributed by atoms with Gasteiger partial charge in [-0.15, -0.1) is 0 Å². The van der Waals surface area contributed by atoms with Crippen LogP contribution < -0.4 is 15.8 Å². The van der Waals surface area contributed by atoms with Gasteiger partial charge in [0.15, 0.2) is 0 Å². The number of alkyl halides is 2. The van der Waals surface area contributed by atoms with Crippen LogP contribution >= 0.6 is 0 Å². The van der Waals surface area contributed by atoms with Crippen molar-refractivity contribution in [1.82, 2.24) is 5.32 Å². The summed E-state index contributed by atoms with van der Waals surface area (Å²) in [5.74, 6) is -1.66. The highest BCUT2D eigenvalue weighted by Crippen LogP contribution is 2.15. The average Bonchev–Trinajstić information content (AvgIpc) is 2.42. The Morgan fingerprint density at radius 1 is 1.38 bits per heavy atom. The maximum absolute atomic E-state index is 12.1. The van der Waals surface area contributed by atoms with E-state index in [1.54, 1.807) is 0 Å². The first-order valence-electron chi connectivity index (χ1n) is 6.21. The lowest BCUT2D eigenvalue weighted by atomic mass is 10.1. The summed E-state index contributed by atoms with van der Waals surface area (Å²) in [6.45, 7) is -2.72. The molecule has 0 radical (unpaired) electrons. The summed E-state index contributed by atoms with van der Waals surface area (Å²) in [6, 6.07) is 4.42. The topological polar surface area (TPSA) is 102 Å². The van der Waals surface area contributed by atoms with E-state index in [1.807, 2.05) is 0 Å². The molecule has 0 fully saturated rings. The van der Waals surface area contributed by atoms with E-state index in [0.717, 1.165) is 0 Å². The summed E-state index contributed by atoms with van der Waals surface area (Å²) in [4.78, 5) is 22.2. The normalized spacial score (nSPS) is 12.0. The fraction of sp³-hybridized carbons (Fsp3) is 0.385. The summed E-state index contributed by atoms with van der Waals surface area (Å²) in [5, 5.41) is 11.1. The first-order valence-corrected chi connectivity index (χ1v) is 6.21. The highest BCUT2D eigenvalue weighted by Gasteiger charge is 2.12. The van der Waals surface area contributed by atoms with Gasteiger partial charge in [0.05, 0.1) is 0 Å². The zero-order valence-corrected chi connectivity index (χ0v) is 11.1. The number of halogens is 2.